The molecule has 1 aliphatic carbocycles. The van der Waals surface area contributed by atoms with E-state index in [0.717, 1.165) is 38.8 Å². The number of hydrogen-bond donors (Lipinski definition) is 1. The maximum atomic E-state index is 11.7. The van der Waals surface area contributed by atoms with Gasteiger partial charge in [-0.2, -0.15) is 0 Å². The number of nitrogens with zero attached hydrogens (tertiary/aromatic N) is 2. The molecule has 2 fully saturated rings. The van der Waals surface area contributed by atoms with Crippen LogP contribution in [0.5, 0.6) is 5.88 Å². The molecular formula is C16H21N3O3. The predicted octanol–water partition coefficient (Wildman–Crippen LogP) is 1.82. The van der Waals surface area contributed by atoms with Crippen LogP contribution in [0.1, 0.15) is 32.6 Å². The van der Waals surface area contributed by atoms with E-state index in [0.29, 0.717) is 11.6 Å². The molecule has 22 heavy (non-hydrogen) atoms. The van der Waals surface area contributed by atoms with E-state index in [1.165, 1.54) is 0 Å². The van der Waals surface area contributed by atoms with E-state index in [1.54, 1.807) is 19.2 Å². The van der Waals surface area contributed by atoms with Crippen LogP contribution in [0, 0.1) is 5.92 Å². The van der Waals surface area contributed by atoms with Crippen molar-refractivity contribution in [1.29, 1.82) is 0 Å². The zero-order valence-electron chi connectivity index (χ0n) is 12.7. The minimum absolute atomic E-state index is 0.0760. The molecule has 2 heterocycles. The Labute approximate surface area is 129 Å². The molecule has 1 aliphatic heterocycles. The zero-order valence-corrected chi connectivity index (χ0v) is 12.7. The van der Waals surface area contributed by atoms with Gasteiger partial charge in [0.05, 0.1) is 11.9 Å². The van der Waals surface area contributed by atoms with E-state index in [4.69, 9.17) is 4.74 Å². The van der Waals surface area contributed by atoms with Crippen molar-refractivity contribution >= 4 is 17.5 Å². The number of carbonyl (C=O) groups excluding carboxylic acids is 2. The summed E-state index contributed by atoms with van der Waals surface area (Å²) in [6, 6.07) is 3.59. The Morgan fingerprint density at radius 3 is 2.50 bits per heavy atom. The highest BCUT2D eigenvalue weighted by Crippen LogP contribution is 2.30. The van der Waals surface area contributed by atoms with Crippen molar-refractivity contribution in [2.75, 3.05) is 18.4 Å². The lowest BCUT2D eigenvalue weighted by molar-refractivity contribution is -0.130. The Balaban J connectivity index is 1.49. The number of aromatic nitrogens is 1. The zero-order chi connectivity index (χ0) is 15.5. The third-order valence-corrected chi connectivity index (χ3v) is 4.13. The molecule has 3 rings (SSSR count). The minimum atomic E-state index is 0.0760. The predicted molar refractivity (Wildman–Crippen MR) is 81.5 cm³/mol. The summed E-state index contributed by atoms with van der Waals surface area (Å²) in [7, 11) is 0. The number of piperidine rings is 1. The van der Waals surface area contributed by atoms with Gasteiger partial charge in [-0.1, -0.05) is 0 Å². The Bertz CT molecular complexity index is 546. The normalized spacial score (nSPS) is 18.9. The van der Waals surface area contributed by atoms with Gasteiger partial charge in [0.2, 0.25) is 17.7 Å². The number of likely N-dealkylation sites (tertiary alicyclic amines) is 1. The summed E-state index contributed by atoms with van der Waals surface area (Å²) in [6.45, 7) is 3.06. The van der Waals surface area contributed by atoms with E-state index in [1.807, 2.05) is 11.0 Å². The molecule has 0 radical (unpaired) electrons. The maximum Gasteiger partial charge on any atom is 0.227 e. The number of carbonyl (C=O) groups is 2. The van der Waals surface area contributed by atoms with Gasteiger partial charge in [-0.15, -0.1) is 0 Å². The van der Waals surface area contributed by atoms with Crippen molar-refractivity contribution in [3.05, 3.63) is 18.3 Å². The topological polar surface area (TPSA) is 71.5 Å². The summed E-state index contributed by atoms with van der Waals surface area (Å²) in [5, 5.41) is 2.85. The highest BCUT2D eigenvalue weighted by molar-refractivity contribution is 5.93. The standard InChI is InChI=1S/C16H21N3O3/c1-11(20)19-8-6-14(7-9-19)22-15-5-4-13(10-17-15)18-16(21)12-2-3-12/h4-5,10,12,14H,2-3,6-9H2,1H3,(H,18,21). The fraction of sp³-hybridized carbons (Fsp3) is 0.562. The largest absolute Gasteiger partial charge is 0.474 e. The Morgan fingerprint density at radius 1 is 1.23 bits per heavy atom. The molecule has 0 aromatic carbocycles. The first-order valence-electron chi connectivity index (χ1n) is 7.81. The molecule has 2 amide bonds. The first-order chi connectivity index (χ1) is 10.6. The van der Waals surface area contributed by atoms with Gasteiger partial charge in [0.15, 0.2) is 0 Å². The summed E-state index contributed by atoms with van der Waals surface area (Å²) in [6.07, 6.45) is 5.33. The van der Waals surface area contributed by atoms with Crippen molar-refractivity contribution in [1.82, 2.24) is 9.88 Å². The van der Waals surface area contributed by atoms with Crippen LogP contribution in [0.15, 0.2) is 18.3 Å². The average Bonchev–Trinajstić information content (AvgIpc) is 3.34. The van der Waals surface area contributed by atoms with Gasteiger partial charge in [0.25, 0.3) is 0 Å². The molecule has 0 bridgehead atoms. The second kappa shape index (κ2) is 6.34. The highest BCUT2D eigenvalue weighted by atomic mass is 16.5. The molecule has 118 valence electrons. The fourth-order valence-electron chi connectivity index (χ4n) is 2.57. The maximum absolute atomic E-state index is 11.7. The van der Waals surface area contributed by atoms with E-state index in [9.17, 15) is 9.59 Å². The number of nitrogens with one attached hydrogen (secondary N) is 1. The van der Waals surface area contributed by atoms with Crippen molar-refractivity contribution < 1.29 is 14.3 Å². The Kier molecular flexibility index (Phi) is 4.27. The third-order valence-electron chi connectivity index (χ3n) is 4.13. The number of anilines is 1. The van der Waals surface area contributed by atoms with Gasteiger partial charge in [0.1, 0.15) is 6.10 Å². The van der Waals surface area contributed by atoms with Crippen LogP contribution in [0.2, 0.25) is 0 Å². The van der Waals surface area contributed by atoms with E-state index in [2.05, 4.69) is 10.3 Å². The molecule has 0 atom stereocenters. The van der Waals surface area contributed by atoms with Crippen LogP contribution in [-0.2, 0) is 9.59 Å². The summed E-state index contributed by atoms with van der Waals surface area (Å²) < 4.78 is 5.84. The van der Waals surface area contributed by atoms with Crippen LogP contribution in [0.25, 0.3) is 0 Å². The van der Waals surface area contributed by atoms with Gasteiger partial charge >= 0.3 is 0 Å². The first-order valence-corrected chi connectivity index (χ1v) is 7.81. The molecule has 1 N–H and O–H groups in total. The molecule has 0 unspecified atom stereocenters. The van der Waals surface area contributed by atoms with E-state index < -0.39 is 0 Å². The van der Waals surface area contributed by atoms with Crippen molar-refractivity contribution in [3.8, 4) is 5.88 Å². The lowest BCUT2D eigenvalue weighted by Gasteiger charge is -2.31. The first kappa shape index (κ1) is 14.8. The van der Waals surface area contributed by atoms with E-state index in [-0.39, 0.29) is 23.8 Å². The summed E-state index contributed by atoms with van der Waals surface area (Å²) in [5.41, 5.74) is 0.704. The molecule has 1 saturated heterocycles. The second-order valence-corrected chi connectivity index (χ2v) is 5.97. The number of pyridine rings is 1. The van der Waals surface area contributed by atoms with Crippen molar-refractivity contribution in [2.45, 2.75) is 38.7 Å². The van der Waals surface area contributed by atoms with E-state index >= 15 is 0 Å². The van der Waals surface area contributed by atoms with Crippen LogP contribution in [-0.4, -0.2) is 40.9 Å². The smallest absolute Gasteiger partial charge is 0.227 e. The van der Waals surface area contributed by atoms with Gasteiger partial charge < -0.3 is 15.0 Å². The quantitative estimate of drug-likeness (QED) is 0.921. The molecule has 1 aromatic heterocycles. The number of hydrogen-bond acceptors (Lipinski definition) is 4. The summed E-state index contributed by atoms with van der Waals surface area (Å²) >= 11 is 0. The number of rotatable bonds is 4. The lowest BCUT2D eigenvalue weighted by Crippen LogP contribution is -2.40. The van der Waals surface area contributed by atoms with Crippen LogP contribution < -0.4 is 10.1 Å². The van der Waals surface area contributed by atoms with Crippen LogP contribution >= 0.6 is 0 Å². The van der Waals surface area contributed by atoms with Gasteiger partial charge in [-0.25, -0.2) is 4.98 Å². The molecule has 1 saturated carbocycles. The Morgan fingerprint density at radius 2 is 1.95 bits per heavy atom. The second-order valence-electron chi connectivity index (χ2n) is 5.97. The molecule has 1 aromatic rings. The third kappa shape index (κ3) is 3.75. The summed E-state index contributed by atoms with van der Waals surface area (Å²) in [4.78, 5) is 29.0. The fourth-order valence-corrected chi connectivity index (χ4v) is 2.57. The van der Waals surface area contributed by atoms with Crippen molar-refractivity contribution in [2.24, 2.45) is 5.92 Å². The SMILES string of the molecule is CC(=O)N1CCC(Oc2ccc(NC(=O)C3CC3)cn2)CC1. The molecule has 0 spiro atoms. The monoisotopic (exact) mass is 303 g/mol. The molecule has 6 heteroatoms. The van der Waals surface area contributed by atoms with Crippen molar-refractivity contribution in [3.63, 3.8) is 0 Å². The average molecular weight is 303 g/mol. The number of ether oxygens (including phenoxy) is 1. The van der Waals surface area contributed by atoms with Gasteiger partial charge in [-0.3, -0.25) is 9.59 Å². The molecule has 6 nitrogen and oxygen atoms in total. The van der Waals surface area contributed by atoms with Crippen LogP contribution in [0.3, 0.4) is 0 Å². The van der Waals surface area contributed by atoms with Gasteiger partial charge in [-0.05, 0) is 18.9 Å². The Hall–Kier alpha value is -2.11. The molecule has 2 aliphatic rings. The van der Waals surface area contributed by atoms with Crippen LogP contribution in [0.4, 0.5) is 5.69 Å². The number of amides is 2. The molecular weight excluding hydrogens is 282 g/mol. The highest BCUT2D eigenvalue weighted by Gasteiger charge is 2.29. The van der Waals surface area contributed by atoms with Gasteiger partial charge in [0, 0.05) is 44.8 Å². The lowest BCUT2D eigenvalue weighted by atomic mass is 10.1. The summed E-state index contributed by atoms with van der Waals surface area (Å²) in [5.74, 6) is 0.937. The minimum Gasteiger partial charge on any atom is -0.474 e.